The summed E-state index contributed by atoms with van der Waals surface area (Å²) < 4.78 is 5.74. The van der Waals surface area contributed by atoms with E-state index in [1.54, 1.807) is 5.57 Å². The van der Waals surface area contributed by atoms with Gasteiger partial charge < -0.3 is 4.74 Å². The second-order valence-electron chi connectivity index (χ2n) is 8.79. The molecule has 23 heavy (non-hydrogen) atoms. The van der Waals surface area contributed by atoms with Crippen LogP contribution in [0.2, 0.25) is 0 Å². The number of carbonyl (C=O) groups is 1. The molecule has 0 amide bonds. The first kappa shape index (κ1) is 16.3. The number of hydrogen-bond acceptors (Lipinski definition) is 2. The van der Waals surface area contributed by atoms with E-state index in [-0.39, 0.29) is 11.5 Å². The van der Waals surface area contributed by atoms with Crippen LogP contribution in [0.3, 0.4) is 0 Å². The molecule has 128 valence electrons. The van der Waals surface area contributed by atoms with E-state index in [1.807, 2.05) is 0 Å². The van der Waals surface area contributed by atoms with Crippen molar-refractivity contribution in [2.45, 2.75) is 71.3 Å². The first-order chi connectivity index (χ1) is 11.0. The highest BCUT2D eigenvalue weighted by Crippen LogP contribution is 2.64. The summed E-state index contributed by atoms with van der Waals surface area (Å²) in [6, 6.07) is 0. The van der Waals surface area contributed by atoms with Gasteiger partial charge in [-0.3, -0.25) is 4.79 Å². The Labute approximate surface area is 148 Å². The fourth-order valence-corrected chi connectivity index (χ4v) is 7.00. The lowest BCUT2D eigenvalue weighted by Gasteiger charge is -2.56. The van der Waals surface area contributed by atoms with Crippen molar-refractivity contribution in [3.8, 4) is 0 Å². The van der Waals surface area contributed by atoms with Crippen molar-refractivity contribution in [3.63, 3.8) is 0 Å². The number of rotatable bonds is 2. The van der Waals surface area contributed by atoms with E-state index in [0.717, 1.165) is 18.8 Å². The van der Waals surface area contributed by atoms with Gasteiger partial charge in [0, 0.05) is 5.41 Å². The van der Waals surface area contributed by atoms with Crippen molar-refractivity contribution in [1.29, 1.82) is 0 Å². The number of halogens is 1. The second kappa shape index (κ2) is 5.69. The SMILES string of the molecule is C[C@]12CCCCC1=CC[C@@H]1[C@@H]2CC[C@]2(C)C(=O)C(OCBr)C[C@@H]12. The van der Waals surface area contributed by atoms with Crippen LogP contribution in [-0.4, -0.2) is 17.4 Å². The number of ketones is 1. The Morgan fingerprint density at radius 3 is 2.83 bits per heavy atom. The van der Waals surface area contributed by atoms with Gasteiger partial charge in [-0.25, -0.2) is 0 Å². The van der Waals surface area contributed by atoms with E-state index in [0.29, 0.717) is 28.6 Å². The fraction of sp³-hybridized carbons (Fsp3) is 0.850. The number of Topliss-reactive ketones (excluding diaryl/α,β-unsaturated/α-hetero) is 1. The minimum atomic E-state index is -0.173. The molecule has 3 saturated carbocycles. The highest BCUT2D eigenvalue weighted by molar-refractivity contribution is 9.09. The highest BCUT2D eigenvalue weighted by atomic mass is 79.9. The maximum absolute atomic E-state index is 12.9. The van der Waals surface area contributed by atoms with E-state index < -0.39 is 0 Å². The molecule has 0 aromatic heterocycles. The topological polar surface area (TPSA) is 26.3 Å². The van der Waals surface area contributed by atoms with Crippen LogP contribution in [0.15, 0.2) is 11.6 Å². The van der Waals surface area contributed by atoms with Crippen LogP contribution in [0.5, 0.6) is 0 Å². The molecule has 3 fully saturated rings. The summed E-state index contributed by atoms with van der Waals surface area (Å²) in [4.78, 5) is 12.9. The molecule has 0 saturated heterocycles. The van der Waals surface area contributed by atoms with E-state index in [1.165, 1.54) is 38.5 Å². The number of ether oxygens (including phenoxy) is 1. The lowest BCUT2D eigenvalue weighted by Crippen LogP contribution is -2.49. The quantitative estimate of drug-likeness (QED) is 0.482. The molecule has 4 aliphatic rings. The van der Waals surface area contributed by atoms with Crippen LogP contribution in [0.25, 0.3) is 0 Å². The molecule has 0 N–H and O–H groups in total. The third-order valence-electron chi connectivity index (χ3n) is 7.99. The van der Waals surface area contributed by atoms with Crippen molar-refractivity contribution >= 4 is 21.7 Å². The minimum absolute atomic E-state index is 0.135. The van der Waals surface area contributed by atoms with Crippen molar-refractivity contribution in [3.05, 3.63) is 11.6 Å². The summed E-state index contributed by atoms with van der Waals surface area (Å²) in [6.45, 7) is 4.76. The van der Waals surface area contributed by atoms with E-state index in [9.17, 15) is 4.79 Å². The zero-order valence-corrected chi connectivity index (χ0v) is 16.0. The van der Waals surface area contributed by atoms with Gasteiger partial charge in [-0.2, -0.15) is 0 Å². The number of alkyl halides is 1. The molecule has 0 aromatic carbocycles. The van der Waals surface area contributed by atoms with E-state index >= 15 is 0 Å². The van der Waals surface area contributed by atoms with Gasteiger partial charge in [0.05, 0.1) is 0 Å². The molecular formula is C20H29BrO2. The predicted molar refractivity (Wildman–Crippen MR) is 95.4 cm³/mol. The Morgan fingerprint density at radius 1 is 1.22 bits per heavy atom. The third kappa shape index (κ3) is 2.25. The maximum atomic E-state index is 12.9. The average Bonchev–Trinajstić information content (AvgIpc) is 2.79. The lowest BCUT2D eigenvalue weighted by atomic mass is 9.48. The summed E-state index contributed by atoms with van der Waals surface area (Å²) in [5.41, 5.74) is 2.50. The Balaban J connectivity index is 1.66. The molecular weight excluding hydrogens is 352 g/mol. The molecule has 4 rings (SSSR count). The number of fused-ring (bicyclic) bond motifs is 5. The summed E-state index contributed by atoms with van der Waals surface area (Å²) in [5.74, 6) is 2.38. The van der Waals surface area contributed by atoms with Crippen molar-refractivity contribution in [1.82, 2.24) is 0 Å². The van der Waals surface area contributed by atoms with Crippen LogP contribution in [0.4, 0.5) is 0 Å². The first-order valence-electron chi connectivity index (χ1n) is 9.42. The van der Waals surface area contributed by atoms with Gasteiger partial charge in [0.15, 0.2) is 5.78 Å². The summed E-state index contributed by atoms with van der Waals surface area (Å²) >= 11 is 3.34. The van der Waals surface area contributed by atoms with Crippen molar-refractivity contribution in [2.75, 3.05) is 5.52 Å². The predicted octanol–water partition coefficient (Wildman–Crippen LogP) is 5.26. The highest BCUT2D eigenvalue weighted by Gasteiger charge is 2.61. The van der Waals surface area contributed by atoms with Gasteiger partial charge in [0.25, 0.3) is 0 Å². The van der Waals surface area contributed by atoms with E-state index in [2.05, 4.69) is 35.9 Å². The Hall–Kier alpha value is -0.150. The minimum Gasteiger partial charge on any atom is -0.359 e. The first-order valence-corrected chi connectivity index (χ1v) is 10.5. The second-order valence-corrected chi connectivity index (χ2v) is 9.24. The summed E-state index contributed by atoms with van der Waals surface area (Å²) in [7, 11) is 0. The molecule has 6 atom stereocenters. The standard InChI is InChI=1S/C20H29BrO2/c1-19-9-4-3-5-13(19)6-7-14-15(19)8-10-20(2)16(14)11-17(18(20)22)23-12-21/h6,14-17H,3-5,7-12H2,1-2H3/t14-,15+,16+,17?,19+,20+/m1/s1. The van der Waals surface area contributed by atoms with Crippen LogP contribution in [0.1, 0.15) is 65.2 Å². The van der Waals surface area contributed by atoms with Crippen LogP contribution in [-0.2, 0) is 9.53 Å². The number of allylic oxidation sites excluding steroid dienone is 2. The molecule has 0 spiro atoms. The average molecular weight is 381 g/mol. The Morgan fingerprint density at radius 2 is 2.04 bits per heavy atom. The van der Waals surface area contributed by atoms with Gasteiger partial charge in [-0.1, -0.05) is 47.8 Å². The zero-order chi connectivity index (χ0) is 16.2. The molecule has 0 bridgehead atoms. The summed E-state index contributed by atoms with van der Waals surface area (Å²) in [5, 5.41) is 0. The smallest absolute Gasteiger partial charge is 0.167 e. The molecule has 3 heteroatoms. The molecule has 2 nitrogen and oxygen atoms in total. The van der Waals surface area contributed by atoms with Crippen LogP contribution in [0, 0.1) is 28.6 Å². The third-order valence-corrected chi connectivity index (χ3v) is 8.26. The van der Waals surface area contributed by atoms with Gasteiger partial charge in [-0.05, 0) is 68.1 Å². The lowest BCUT2D eigenvalue weighted by molar-refractivity contribution is -0.137. The molecule has 0 aliphatic heterocycles. The van der Waals surface area contributed by atoms with Gasteiger partial charge in [-0.15, -0.1) is 0 Å². The van der Waals surface area contributed by atoms with Crippen LogP contribution >= 0.6 is 15.9 Å². The Bertz CT molecular complexity index is 542. The number of hydrogen-bond donors (Lipinski definition) is 0. The van der Waals surface area contributed by atoms with Gasteiger partial charge >= 0.3 is 0 Å². The van der Waals surface area contributed by atoms with Crippen molar-refractivity contribution in [2.24, 2.45) is 28.6 Å². The molecule has 0 radical (unpaired) electrons. The maximum Gasteiger partial charge on any atom is 0.167 e. The molecule has 0 aromatic rings. The van der Waals surface area contributed by atoms with Gasteiger partial charge in [0.1, 0.15) is 11.6 Å². The largest absolute Gasteiger partial charge is 0.359 e. The molecule has 0 heterocycles. The van der Waals surface area contributed by atoms with Crippen LogP contribution < -0.4 is 0 Å². The normalized spacial score (nSPS) is 49.2. The van der Waals surface area contributed by atoms with E-state index in [4.69, 9.17) is 4.74 Å². The summed E-state index contributed by atoms with van der Waals surface area (Å²) in [6.07, 6.45) is 12.3. The monoisotopic (exact) mass is 380 g/mol. The fourth-order valence-electron chi connectivity index (χ4n) is 6.68. The Kier molecular flexibility index (Phi) is 4.04. The van der Waals surface area contributed by atoms with Gasteiger partial charge in [0.2, 0.25) is 0 Å². The zero-order valence-electron chi connectivity index (χ0n) is 14.4. The van der Waals surface area contributed by atoms with Crippen molar-refractivity contribution < 1.29 is 9.53 Å². The molecule has 1 unspecified atom stereocenters. The number of carbonyl (C=O) groups excluding carboxylic acids is 1. The molecule has 4 aliphatic carbocycles.